The first-order chi connectivity index (χ1) is 7.75. The summed E-state index contributed by atoms with van der Waals surface area (Å²) in [6, 6.07) is 9.83. The molecule has 0 bridgehead atoms. The van der Waals surface area contributed by atoms with Gasteiger partial charge in [-0.1, -0.05) is 12.1 Å². The van der Waals surface area contributed by atoms with Crippen LogP contribution < -0.4 is 5.73 Å². The highest BCUT2D eigenvalue weighted by Gasteiger charge is 2.07. The van der Waals surface area contributed by atoms with Crippen LogP contribution in [-0.4, -0.2) is 9.97 Å². The number of hydrogen-bond acceptors (Lipinski definition) is 3. The van der Waals surface area contributed by atoms with Crippen molar-refractivity contribution in [2.24, 2.45) is 5.73 Å². The maximum Gasteiger partial charge on any atom is 0.0422 e. The zero-order chi connectivity index (χ0) is 11.4. The molecule has 0 spiro atoms. The fourth-order valence-corrected chi connectivity index (χ4v) is 1.56. The third-order valence-corrected chi connectivity index (χ3v) is 2.52. The van der Waals surface area contributed by atoms with Crippen LogP contribution in [0.5, 0.6) is 0 Å². The molecule has 2 N–H and O–H groups in total. The lowest BCUT2D eigenvalue weighted by Crippen LogP contribution is -2.14. The normalized spacial score (nSPS) is 12.4. The third-order valence-electron chi connectivity index (χ3n) is 2.52. The summed E-state index contributed by atoms with van der Waals surface area (Å²) >= 11 is 0. The summed E-state index contributed by atoms with van der Waals surface area (Å²) in [6.45, 7) is 1.97. The predicted molar refractivity (Wildman–Crippen MR) is 63.8 cm³/mol. The van der Waals surface area contributed by atoms with E-state index >= 15 is 0 Å². The summed E-state index contributed by atoms with van der Waals surface area (Å²) in [5.74, 6) is 0. The van der Waals surface area contributed by atoms with Crippen LogP contribution in [0, 0.1) is 6.92 Å². The van der Waals surface area contributed by atoms with E-state index in [1.54, 1.807) is 6.20 Å². The Bertz CT molecular complexity index is 436. The molecular formula is C13H15N3. The number of rotatable bonds is 3. The summed E-state index contributed by atoms with van der Waals surface area (Å²) in [6.07, 6.45) is 4.37. The molecule has 82 valence electrons. The highest BCUT2D eigenvalue weighted by atomic mass is 14.7. The Kier molecular flexibility index (Phi) is 3.27. The molecule has 2 aromatic heterocycles. The van der Waals surface area contributed by atoms with Gasteiger partial charge in [0.1, 0.15) is 0 Å². The number of aromatic nitrogens is 2. The monoisotopic (exact) mass is 213 g/mol. The van der Waals surface area contributed by atoms with Crippen molar-refractivity contribution in [3.63, 3.8) is 0 Å². The van der Waals surface area contributed by atoms with E-state index in [-0.39, 0.29) is 6.04 Å². The Morgan fingerprint density at radius 1 is 1.19 bits per heavy atom. The van der Waals surface area contributed by atoms with Gasteiger partial charge in [0.2, 0.25) is 0 Å². The van der Waals surface area contributed by atoms with Gasteiger partial charge in [-0.05, 0) is 30.7 Å². The van der Waals surface area contributed by atoms with Gasteiger partial charge in [-0.2, -0.15) is 0 Å². The molecule has 0 fully saturated rings. The second kappa shape index (κ2) is 4.86. The SMILES string of the molecule is Cc1ccc(C(N)Cc2ccccn2)cn1. The Labute approximate surface area is 95.4 Å². The second-order valence-electron chi connectivity index (χ2n) is 3.86. The van der Waals surface area contributed by atoms with Crippen molar-refractivity contribution in [2.75, 3.05) is 0 Å². The van der Waals surface area contributed by atoms with Crippen molar-refractivity contribution >= 4 is 0 Å². The quantitative estimate of drug-likeness (QED) is 0.848. The maximum atomic E-state index is 6.10. The van der Waals surface area contributed by atoms with Gasteiger partial charge in [0.25, 0.3) is 0 Å². The highest BCUT2D eigenvalue weighted by molar-refractivity contribution is 5.19. The molecule has 1 atom stereocenters. The zero-order valence-electron chi connectivity index (χ0n) is 9.30. The lowest BCUT2D eigenvalue weighted by atomic mass is 10.0. The van der Waals surface area contributed by atoms with Crippen molar-refractivity contribution in [2.45, 2.75) is 19.4 Å². The minimum Gasteiger partial charge on any atom is -0.324 e. The van der Waals surface area contributed by atoms with Crippen molar-refractivity contribution in [1.82, 2.24) is 9.97 Å². The average molecular weight is 213 g/mol. The summed E-state index contributed by atoms with van der Waals surface area (Å²) in [5.41, 5.74) is 9.17. The van der Waals surface area contributed by atoms with Crippen LogP contribution in [0.25, 0.3) is 0 Å². The number of aryl methyl sites for hydroxylation is 1. The third kappa shape index (κ3) is 2.64. The van der Waals surface area contributed by atoms with E-state index in [4.69, 9.17) is 5.73 Å². The molecule has 0 aromatic carbocycles. The van der Waals surface area contributed by atoms with Gasteiger partial charge in [-0.3, -0.25) is 9.97 Å². The number of hydrogen-bond donors (Lipinski definition) is 1. The Hall–Kier alpha value is -1.74. The van der Waals surface area contributed by atoms with Crippen LogP contribution in [0.2, 0.25) is 0 Å². The summed E-state index contributed by atoms with van der Waals surface area (Å²) in [4.78, 5) is 8.50. The first-order valence-corrected chi connectivity index (χ1v) is 5.34. The molecule has 2 heterocycles. The van der Waals surface area contributed by atoms with Crippen molar-refractivity contribution in [3.05, 3.63) is 59.7 Å². The summed E-state index contributed by atoms with van der Waals surface area (Å²) < 4.78 is 0. The van der Waals surface area contributed by atoms with E-state index in [9.17, 15) is 0 Å². The molecule has 2 rings (SSSR count). The molecule has 3 heteroatoms. The van der Waals surface area contributed by atoms with Crippen molar-refractivity contribution < 1.29 is 0 Å². The average Bonchev–Trinajstić information content (AvgIpc) is 2.31. The van der Waals surface area contributed by atoms with Crippen LogP contribution in [0.1, 0.15) is 23.0 Å². The molecule has 3 nitrogen and oxygen atoms in total. The van der Waals surface area contributed by atoms with Crippen LogP contribution in [0.3, 0.4) is 0 Å². The first kappa shape index (κ1) is 10.8. The summed E-state index contributed by atoms with van der Waals surface area (Å²) in [5, 5.41) is 0. The standard InChI is InChI=1S/C13H15N3/c1-10-5-6-11(9-16-10)13(14)8-12-4-2-3-7-15-12/h2-7,9,13H,8,14H2,1H3. The predicted octanol–water partition coefficient (Wildman–Crippen LogP) is 2.03. The van der Waals surface area contributed by atoms with Crippen LogP contribution in [0.15, 0.2) is 42.7 Å². The molecule has 0 radical (unpaired) electrons. The largest absolute Gasteiger partial charge is 0.324 e. The van der Waals surface area contributed by atoms with E-state index in [1.165, 1.54) is 0 Å². The van der Waals surface area contributed by atoms with Gasteiger partial charge in [0.15, 0.2) is 0 Å². The molecular weight excluding hydrogens is 198 g/mol. The second-order valence-corrected chi connectivity index (χ2v) is 3.86. The molecule has 0 aliphatic heterocycles. The molecule has 1 unspecified atom stereocenters. The van der Waals surface area contributed by atoms with Crippen molar-refractivity contribution in [3.8, 4) is 0 Å². The Morgan fingerprint density at radius 2 is 2.06 bits per heavy atom. The minimum atomic E-state index is -0.0389. The fourth-order valence-electron chi connectivity index (χ4n) is 1.56. The molecule has 0 aliphatic carbocycles. The van der Waals surface area contributed by atoms with Gasteiger partial charge >= 0.3 is 0 Å². The fraction of sp³-hybridized carbons (Fsp3) is 0.231. The van der Waals surface area contributed by atoms with Gasteiger partial charge in [0, 0.05) is 36.2 Å². The lowest BCUT2D eigenvalue weighted by Gasteiger charge is -2.11. The maximum absolute atomic E-state index is 6.10. The van der Waals surface area contributed by atoms with Gasteiger partial charge < -0.3 is 5.73 Å². The zero-order valence-corrected chi connectivity index (χ0v) is 9.30. The lowest BCUT2D eigenvalue weighted by molar-refractivity contribution is 0.702. The first-order valence-electron chi connectivity index (χ1n) is 5.34. The van der Waals surface area contributed by atoms with Crippen molar-refractivity contribution in [1.29, 1.82) is 0 Å². The molecule has 0 saturated heterocycles. The van der Waals surface area contributed by atoms with Crippen LogP contribution in [-0.2, 0) is 6.42 Å². The number of pyridine rings is 2. The Morgan fingerprint density at radius 3 is 2.69 bits per heavy atom. The number of nitrogens with zero attached hydrogens (tertiary/aromatic N) is 2. The molecule has 0 saturated carbocycles. The summed E-state index contributed by atoms with van der Waals surface area (Å²) in [7, 11) is 0. The van der Waals surface area contributed by atoms with Crippen LogP contribution in [0.4, 0.5) is 0 Å². The van der Waals surface area contributed by atoms with Gasteiger partial charge in [0.05, 0.1) is 0 Å². The Balaban J connectivity index is 2.09. The van der Waals surface area contributed by atoms with E-state index in [0.717, 1.165) is 23.4 Å². The molecule has 0 amide bonds. The molecule has 0 aliphatic rings. The highest BCUT2D eigenvalue weighted by Crippen LogP contribution is 2.13. The van der Waals surface area contributed by atoms with Gasteiger partial charge in [-0.15, -0.1) is 0 Å². The van der Waals surface area contributed by atoms with Gasteiger partial charge in [-0.25, -0.2) is 0 Å². The molecule has 16 heavy (non-hydrogen) atoms. The molecule has 2 aromatic rings. The van der Waals surface area contributed by atoms with Crippen LogP contribution >= 0.6 is 0 Å². The topological polar surface area (TPSA) is 51.8 Å². The van der Waals surface area contributed by atoms with E-state index < -0.39 is 0 Å². The van der Waals surface area contributed by atoms with E-state index in [1.807, 2.05) is 43.5 Å². The minimum absolute atomic E-state index is 0.0389. The number of nitrogens with two attached hydrogens (primary N) is 1. The van der Waals surface area contributed by atoms with E-state index in [0.29, 0.717) is 0 Å². The smallest absolute Gasteiger partial charge is 0.0422 e. The van der Waals surface area contributed by atoms with E-state index in [2.05, 4.69) is 9.97 Å².